The molecule has 0 bridgehead atoms. The molecule has 0 saturated carbocycles. The second-order valence-corrected chi connectivity index (χ2v) is 6.23. The number of halogens is 1. The number of aromatic nitrogens is 1. The maximum Gasteiger partial charge on any atom is 0.373 e. The molecule has 0 fully saturated rings. The number of esters is 1. The highest BCUT2D eigenvalue weighted by Crippen LogP contribution is 2.36. The molecule has 1 aliphatic rings. The van der Waals surface area contributed by atoms with Crippen molar-refractivity contribution in [2.75, 3.05) is 17.3 Å². The minimum atomic E-state index is -0.695. The van der Waals surface area contributed by atoms with Crippen LogP contribution in [0.25, 0.3) is 0 Å². The molecule has 4 rings (SSSR count). The number of carbonyl (C=O) groups is 2. The molecule has 8 heteroatoms. The van der Waals surface area contributed by atoms with Gasteiger partial charge in [-0.25, -0.2) is 9.78 Å². The third kappa shape index (κ3) is 3.02. The predicted octanol–water partition coefficient (Wildman–Crippen LogP) is 3.89. The molecule has 7 nitrogen and oxygen atoms in total. The molecule has 1 aliphatic heterocycles. The summed E-state index contributed by atoms with van der Waals surface area (Å²) in [4.78, 5) is 30.6. The Morgan fingerprint density at radius 1 is 1.22 bits per heavy atom. The Kier molecular flexibility index (Phi) is 4.29. The van der Waals surface area contributed by atoms with E-state index in [4.69, 9.17) is 16.0 Å². The number of para-hydroxylation sites is 1. The first-order valence-corrected chi connectivity index (χ1v) is 8.45. The largest absolute Gasteiger partial charge is 0.463 e. The summed E-state index contributed by atoms with van der Waals surface area (Å²) >= 11 is 5.92. The third-order valence-electron chi connectivity index (χ3n) is 4.17. The van der Waals surface area contributed by atoms with E-state index in [2.05, 4.69) is 15.0 Å². The van der Waals surface area contributed by atoms with Crippen LogP contribution in [0.15, 0.2) is 59.1 Å². The van der Waals surface area contributed by atoms with Crippen LogP contribution in [0.1, 0.15) is 32.8 Å². The van der Waals surface area contributed by atoms with Crippen molar-refractivity contribution in [3.8, 4) is 0 Å². The Morgan fingerprint density at radius 2 is 2.04 bits per heavy atom. The average molecular weight is 384 g/mol. The van der Waals surface area contributed by atoms with Gasteiger partial charge >= 0.3 is 5.97 Å². The van der Waals surface area contributed by atoms with E-state index < -0.39 is 12.1 Å². The molecule has 27 heavy (non-hydrogen) atoms. The van der Waals surface area contributed by atoms with Crippen molar-refractivity contribution < 1.29 is 18.7 Å². The van der Waals surface area contributed by atoms with Gasteiger partial charge < -0.3 is 14.5 Å². The topological polar surface area (TPSA) is 84.7 Å². The summed E-state index contributed by atoms with van der Waals surface area (Å²) in [5, 5.41) is 3.72. The first-order chi connectivity index (χ1) is 13.1. The summed E-state index contributed by atoms with van der Waals surface area (Å²) in [5.74, 6) is -0.0350. The number of ether oxygens (including phenoxy) is 1. The minimum Gasteiger partial charge on any atom is -0.463 e. The van der Waals surface area contributed by atoms with Crippen molar-refractivity contribution >= 4 is 35.0 Å². The van der Waals surface area contributed by atoms with E-state index in [1.54, 1.807) is 36.4 Å². The zero-order valence-corrected chi connectivity index (χ0v) is 14.9. The highest BCUT2D eigenvalue weighted by molar-refractivity contribution is 6.30. The van der Waals surface area contributed by atoms with E-state index in [9.17, 15) is 9.59 Å². The molecule has 3 aromatic rings. The summed E-state index contributed by atoms with van der Waals surface area (Å²) < 4.78 is 10.3. The number of furan rings is 1. The maximum atomic E-state index is 13.2. The van der Waals surface area contributed by atoms with Gasteiger partial charge in [0.25, 0.3) is 5.91 Å². The number of methoxy groups -OCH3 is 1. The highest BCUT2D eigenvalue weighted by Gasteiger charge is 2.36. The number of nitrogens with one attached hydrogen (secondary N) is 1. The first kappa shape index (κ1) is 17.1. The SMILES string of the molecule is COC(=O)c1ccc([C@H]2Nc3ccccc3C(=O)N2c2ccc(Cl)cn2)o1. The number of pyridine rings is 1. The third-order valence-corrected chi connectivity index (χ3v) is 4.39. The van der Waals surface area contributed by atoms with Gasteiger partial charge in [-0.3, -0.25) is 9.69 Å². The van der Waals surface area contributed by atoms with Crippen LogP contribution in [0.2, 0.25) is 5.02 Å². The van der Waals surface area contributed by atoms with E-state index in [0.29, 0.717) is 27.9 Å². The molecule has 0 saturated heterocycles. The lowest BCUT2D eigenvalue weighted by Crippen LogP contribution is -2.43. The van der Waals surface area contributed by atoms with Gasteiger partial charge in [-0.2, -0.15) is 0 Å². The average Bonchev–Trinajstić information content (AvgIpc) is 3.18. The molecule has 1 N–H and O–H groups in total. The Morgan fingerprint density at radius 3 is 2.78 bits per heavy atom. The Hall–Kier alpha value is -3.32. The molecule has 0 radical (unpaired) electrons. The summed E-state index contributed by atoms with van der Waals surface area (Å²) in [5.41, 5.74) is 1.17. The number of amides is 1. The van der Waals surface area contributed by atoms with Gasteiger partial charge in [-0.1, -0.05) is 23.7 Å². The Bertz CT molecular complexity index is 1020. The summed E-state index contributed by atoms with van der Waals surface area (Å²) in [6.45, 7) is 0. The van der Waals surface area contributed by atoms with Crippen LogP contribution in [0.5, 0.6) is 0 Å². The van der Waals surface area contributed by atoms with Crippen molar-refractivity contribution in [3.05, 3.63) is 76.8 Å². The molecule has 0 aliphatic carbocycles. The molecule has 1 amide bonds. The first-order valence-electron chi connectivity index (χ1n) is 8.07. The number of rotatable bonds is 3. The van der Waals surface area contributed by atoms with Crippen LogP contribution in [0.3, 0.4) is 0 Å². The molecule has 0 spiro atoms. The van der Waals surface area contributed by atoms with Crippen molar-refractivity contribution in [1.29, 1.82) is 0 Å². The van der Waals surface area contributed by atoms with Crippen molar-refractivity contribution in [2.24, 2.45) is 0 Å². The van der Waals surface area contributed by atoms with Gasteiger partial charge in [-0.05, 0) is 36.4 Å². The van der Waals surface area contributed by atoms with Crippen LogP contribution in [0.4, 0.5) is 11.5 Å². The summed E-state index contributed by atoms with van der Waals surface area (Å²) in [7, 11) is 1.27. The molecule has 136 valence electrons. The minimum absolute atomic E-state index is 0.0459. The number of fused-ring (bicyclic) bond motifs is 1. The number of benzene rings is 1. The summed E-state index contributed by atoms with van der Waals surface area (Å²) in [6.07, 6.45) is 0.767. The molecule has 1 aromatic carbocycles. The van der Waals surface area contributed by atoms with E-state index in [1.165, 1.54) is 24.3 Å². The fourth-order valence-electron chi connectivity index (χ4n) is 2.91. The van der Waals surface area contributed by atoms with E-state index in [-0.39, 0.29) is 11.7 Å². The monoisotopic (exact) mass is 383 g/mol. The van der Waals surface area contributed by atoms with Gasteiger partial charge in [-0.15, -0.1) is 0 Å². The van der Waals surface area contributed by atoms with Gasteiger partial charge in [0.2, 0.25) is 5.76 Å². The van der Waals surface area contributed by atoms with Crippen molar-refractivity contribution in [2.45, 2.75) is 6.17 Å². The number of anilines is 2. The van der Waals surface area contributed by atoms with Crippen LogP contribution in [-0.4, -0.2) is 24.0 Å². The van der Waals surface area contributed by atoms with Crippen LogP contribution in [0, 0.1) is 0 Å². The second-order valence-electron chi connectivity index (χ2n) is 5.80. The van der Waals surface area contributed by atoms with Gasteiger partial charge in [0, 0.05) is 11.9 Å². The van der Waals surface area contributed by atoms with E-state index >= 15 is 0 Å². The zero-order valence-electron chi connectivity index (χ0n) is 14.2. The predicted molar refractivity (Wildman–Crippen MR) is 98.9 cm³/mol. The van der Waals surface area contributed by atoms with Crippen LogP contribution in [-0.2, 0) is 4.74 Å². The molecule has 2 aromatic heterocycles. The molecular weight excluding hydrogens is 370 g/mol. The molecule has 0 unspecified atom stereocenters. The van der Waals surface area contributed by atoms with Crippen LogP contribution >= 0.6 is 11.6 Å². The Labute approximate surface area is 159 Å². The smallest absolute Gasteiger partial charge is 0.373 e. The lowest BCUT2D eigenvalue weighted by Gasteiger charge is -2.35. The molecular formula is C19H14ClN3O4. The summed E-state index contributed by atoms with van der Waals surface area (Å²) in [6, 6.07) is 13.6. The number of hydrogen-bond acceptors (Lipinski definition) is 6. The lowest BCUT2D eigenvalue weighted by atomic mass is 10.1. The van der Waals surface area contributed by atoms with Gasteiger partial charge in [0.1, 0.15) is 11.6 Å². The van der Waals surface area contributed by atoms with Gasteiger partial charge in [0.15, 0.2) is 6.17 Å². The fraction of sp³-hybridized carbons (Fsp3) is 0.105. The number of carbonyl (C=O) groups excluding carboxylic acids is 2. The van der Waals surface area contributed by atoms with Gasteiger partial charge in [0.05, 0.1) is 17.7 Å². The molecule has 3 heterocycles. The fourth-order valence-corrected chi connectivity index (χ4v) is 3.02. The quantitative estimate of drug-likeness (QED) is 0.691. The molecule has 1 atom stereocenters. The maximum absolute atomic E-state index is 13.2. The standard InChI is InChI=1S/C19H14ClN3O4/c1-26-19(25)15-8-7-14(27-15)17-22-13-5-3-2-4-12(13)18(24)23(17)16-9-6-11(20)10-21-16/h2-10,17,22H,1H3/t17-/m0/s1. The van der Waals surface area contributed by atoms with Crippen molar-refractivity contribution in [1.82, 2.24) is 4.98 Å². The Balaban J connectivity index is 1.81. The number of hydrogen-bond donors (Lipinski definition) is 1. The van der Waals surface area contributed by atoms with E-state index in [0.717, 1.165) is 0 Å². The van der Waals surface area contributed by atoms with Crippen LogP contribution < -0.4 is 10.2 Å². The normalized spacial score (nSPS) is 15.9. The number of nitrogens with zero attached hydrogens (tertiary/aromatic N) is 2. The highest BCUT2D eigenvalue weighted by atomic mass is 35.5. The lowest BCUT2D eigenvalue weighted by molar-refractivity contribution is 0.0562. The zero-order chi connectivity index (χ0) is 19.0. The van der Waals surface area contributed by atoms with E-state index in [1.807, 2.05) is 6.07 Å². The second kappa shape index (κ2) is 6.77. The van der Waals surface area contributed by atoms with Crippen molar-refractivity contribution in [3.63, 3.8) is 0 Å².